The molecule has 90 valence electrons. The Morgan fingerprint density at radius 1 is 1.12 bits per heavy atom. The number of hydrogen-bond acceptors (Lipinski definition) is 2. The van der Waals surface area contributed by atoms with Gasteiger partial charge in [0.25, 0.3) is 0 Å². The van der Waals surface area contributed by atoms with Gasteiger partial charge in [0.05, 0.1) is 0 Å². The number of carbonyl (C=O) groups excluding carboxylic acids is 1. The second-order valence-corrected chi connectivity index (χ2v) is 4.31. The van der Waals surface area contributed by atoms with Gasteiger partial charge in [-0.15, -0.1) is 0 Å². The minimum Gasteiger partial charge on any atom is -0.431 e. The van der Waals surface area contributed by atoms with Crippen molar-refractivity contribution < 1.29 is 9.53 Å². The third-order valence-electron chi connectivity index (χ3n) is 2.74. The van der Waals surface area contributed by atoms with Crippen LogP contribution in [0.5, 0.6) is 0 Å². The van der Waals surface area contributed by atoms with Crippen LogP contribution in [0.2, 0.25) is 0 Å². The highest BCUT2D eigenvalue weighted by molar-refractivity contribution is 5.67. The summed E-state index contributed by atoms with van der Waals surface area (Å²) >= 11 is 0. The first-order chi connectivity index (χ1) is 7.79. The van der Waals surface area contributed by atoms with Gasteiger partial charge in [-0.25, -0.2) is 0 Å². The van der Waals surface area contributed by atoms with E-state index >= 15 is 0 Å². The fraction of sp³-hybridized carbons (Fsp3) is 0.643. The van der Waals surface area contributed by atoms with Crippen molar-refractivity contribution in [3.05, 3.63) is 24.0 Å². The molecular weight excluding hydrogens is 200 g/mol. The van der Waals surface area contributed by atoms with Gasteiger partial charge in [-0.3, -0.25) is 4.79 Å². The molecule has 0 spiro atoms. The molecular formula is C14H22O2. The van der Waals surface area contributed by atoms with Crippen molar-refractivity contribution in [3.63, 3.8) is 0 Å². The van der Waals surface area contributed by atoms with Crippen LogP contribution in [-0.2, 0) is 9.53 Å². The van der Waals surface area contributed by atoms with Gasteiger partial charge in [0, 0.05) is 13.3 Å². The van der Waals surface area contributed by atoms with Crippen molar-refractivity contribution in [2.24, 2.45) is 0 Å². The summed E-state index contributed by atoms with van der Waals surface area (Å²) in [6, 6.07) is 0. The molecule has 0 fully saturated rings. The smallest absolute Gasteiger partial charge is 0.307 e. The molecule has 0 radical (unpaired) electrons. The van der Waals surface area contributed by atoms with Crippen molar-refractivity contribution >= 4 is 5.97 Å². The quantitative estimate of drug-likeness (QED) is 0.624. The Morgan fingerprint density at radius 3 is 2.56 bits per heavy atom. The molecule has 16 heavy (non-hydrogen) atoms. The van der Waals surface area contributed by atoms with Crippen LogP contribution in [0.25, 0.3) is 0 Å². The zero-order chi connectivity index (χ0) is 11.6. The van der Waals surface area contributed by atoms with E-state index in [0.717, 1.165) is 25.0 Å². The lowest BCUT2D eigenvalue weighted by Crippen LogP contribution is -1.99. The summed E-state index contributed by atoms with van der Waals surface area (Å²) in [5.41, 5.74) is 0. The van der Waals surface area contributed by atoms with Crippen molar-refractivity contribution in [2.45, 2.75) is 58.3 Å². The van der Waals surface area contributed by atoms with E-state index in [2.05, 4.69) is 6.08 Å². The molecule has 0 amide bonds. The molecule has 0 bridgehead atoms. The van der Waals surface area contributed by atoms with Gasteiger partial charge in [0.1, 0.15) is 5.76 Å². The Bertz CT molecular complexity index is 264. The molecule has 0 aromatic heterocycles. The Morgan fingerprint density at radius 2 is 1.81 bits per heavy atom. The average molecular weight is 222 g/mol. The summed E-state index contributed by atoms with van der Waals surface area (Å²) in [6.45, 7) is 1.46. The second kappa shape index (κ2) is 8.14. The Labute approximate surface area is 98.4 Å². The molecule has 2 nitrogen and oxygen atoms in total. The predicted octanol–water partition coefficient (Wildman–Crippen LogP) is 4.12. The molecule has 2 heteroatoms. The van der Waals surface area contributed by atoms with Crippen LogP contribution >= 0.6 is 0 Å². The molecule has 1 aliphatic rings. The highest BCUT2D eigenvalue weighted by Crippen LogP contribution is 2.15. The molecule has 0 aromatic carbocycles. The number of esters is 1. The Kier molecular flexibility index (Phi) is 6.62. The molecule has 0 aliphatic heterocycles. The number of hydrogen-bond donors (Lipinski definition) is 0. The number of rotatable bonds is 1. The summed E-state index contributed by atoms with van der Waals surface area (Å²) in [6.07, 6.45) is 15.7. The zero-order valence-electron chi connectivity index (χ0n) is 10.2. The largest absolute Gasteiger partial charge is 0.431 e. The van der Waals surface area contributed by atoms with Gasteiger partial charge >= 0.3 is 5.97 Å². The number of ether oxygens (including phenoxy) is 1. The maximum absolute atomic E-state index is 10.9. The maximum Gasteiger partial charge on any atom is 0.307 e. The first kappa shape index (κ1) is 13.0. The van der Waals surface area contributed by atoms with Gasteiger partial charge in [-0.2, -0.15) is 0 Å². The lowest BCUT2D eigenvalue weighted by molar-refractivity contribution is -0.137. The van der Waals surface area contributed by atoms with Gasteiger partial charge in [-0.1, -0.05) is 37.8 Å². The van der Waals surface area contributed by atoms with Crippen molar-refractivity contribution in [3.8, 4) is 0 Å². The van der Waals surface area contributed by atoms with Crippen LogP contribution in [0.3, 0.4) is 0 Å². The van der Waals surface area contributed by atoms with Crippen LogP contribution in [0.15, 0.2) is 24.0 Å². The summed E-state index contributed by atoms with van der Waals surface area (Å²) < 4.78 is 5.17. The molecule has 0 N–H and O–H groups in total. The van der Waals surface area contributed by atoms with Crippen LogP contribution in [-0.4, -0.2) is 5.97 Å². The van der Waals surface area contributed by atoms with Crippen LogP contribution in [0.4, 0.5) is 0 Å². The lowest BCUT2D eigenvalue weighted by Gasteiger charge is -2.07. The summed E-state index contributed by atoms with van der Waals surface area (Å²) in [7, 11) is 0. The van der Waals surface area contributed by atoms with Gasteiger partial charge in [0.15, 0.2) is 0 Å². The Balaban J connectivity index is 2.50. The van der Waals surface area contributed by atoms with E-state index in [1.807, 2.05) is 12.2 Å². The van der Waals surface area contributed by atoms with Crippen molar-refractivity contribution in [1.82, 2.24) is 0 Å². The fourth-order valence-corrected chi connectivity index (χ4v) is 1.89. The third kappa shape index (κ3) is 6.44. The molecule has 0 aromatic rings. The summed E-state index contributed by atoms with van der Waals surface area (Å²) in [5, 5.41) is 0. The van der Waals surface area contributed by atoms with Crippen LogP contribution in [0, 0.1) is 0 Å². The number of carbonyl (C=O) groups is 1. The lowest BCUT2D eigenvalue weighted by atomic mass is 10.1. The summed E-state index contributed by atoms with van der Waals surface area (Å²) in [5.74, 6) is 0.594. The minimum absolute atomic E-state index is 0.216. The van der Waals surface area contributed by atoms with Gasteiger partial charge in [-0.05, 0) is 25.3 Å². The van der Waals surface area contributed by atoms with E-state index in [1.165, 1.54) is 39.0 Å². The molecule has 0 saturated carbocycles. The van der Waals surface area contributed by atoms with Gasteiger partial charge in [0.2, 0.25) is 0 Å². The molecule has 0 saturated heterocycles. The molecule has 0 unspecified atom stereocenters. The van der Waals surface area contributed by atoms with E-state index in [-0.39, 0.29) is 5.97 Å². The monoisotopic (exact) mass is 222 g/mol. The molecule has 0 atom stereocenters. The normalized spacial score (nSPS) is 24.4. The van der Waals surface area contributed by atoms with E-state index in [1.54, 1.807) is 0 Å². The molecule has 1 rings (SSSR count). The van der Waals surface area contributed by atoms with Crippen molar-refractivity contribution in [1.29, 1.82) is 0 Å². The topological polar surface area (TPSA) is 26.3 Å². The SMILES string of the molecule is CC(=O)O/C1=C/C=C/CCCCCCCC1. The van der Waals surface area contributed by atoms with E-state index in [0.29, 0.717) is 0 Å². The zero-order valence-corrected chi connectivity index (χ0v) is 10.2. The predicted molar refractivity (Wildman–Crippen MR) is 65.9 cm³/mol. The fourth-order valence-electron chi connectivity index (χ4n) is 1.89. The molecule has 1 aliphatic carbocycles. The standard InChI is InChI=1S/C14H22O2/c1-13(15)16-14-11-9-7-5-3-2-4-6-8-10-12-14/h7,9,11H,2-6,8,10,12H2,1H3/b9-7+,14-11+. The second-order valence-electron chi connectivity index (χ2n) is 4.31. The number of allylic oxidation sites excluding steroid dienone is 4. The highest BCUT2D eigenvalue weighted by atomic mass is 16.5. The minimum atomic E-state index is -0.216. The van der Waals surface area contributed by atoms with E-state index < -0.39 is 0 Å². The molecule has 0 heterocycles. The average Bonchev–Trinajstić information content (AvgIpc) is 2.21. The first-order valence-electron chi connectivity index (χ1n) is 6.33. The van der Waals surface area contributed by atoms with E-state index in [4.69, 9.17) is 4.74 Å². The third-order valence-corrected chi connectivity index (χ3v) is 2.74. The van der Waals surface area contributed by atoms with Gasteiger partial charge < -0.3 is 4.74 Å². The highest BCUT2D eigenvalue weighted by Gasteiger charge is 2.02. The maximum atomic E-state index is 10.9. The summed E-state index contributed by atoms with van der Waals surface area (Å²) in [4.78, 5) is 10.9. The van der Waals surface area contributed by atoms with E-state index in [9.17, 15) is 4.79 Å². The van der Waals surface area contributed by atoms with Crippen LogP contribution in [0.1, 0.15) is 58.3 Å². The van der Waals surface area contributed by atoms with Crippen molar-refractivity contribution in [2.75, 3.05) is 0 Å². The Hall–Kier alpha value is -1.05. The first-order valence-corrected chi connectivity index (χ1v) is 6.33. The van der Waals surface area contributed by atoms with Crippen LogP contribution < -0.4 is 0 Å².